The van der Waals surface area contributed by atoms with Gasteiger partial charge < -0.3 is 11.5 Å². The van der Waals surface area contributed by atoms with Crippen LogP contribution in [0.4, 0.5) is 0 Å². The normalized spacial score (nSPS) is 12.9. The van der Waals surface area contributed by atoms with Crippen LogP contribution in [0.3, 0.4) is 0 Å². The SMILES string of the molecule is NCC(N)Cc1ccc2ccccc2c1. The fourth-order valence-corrected chi connectivity index (χ4v) is 1.75. The molecule has 0 spiro atoms. The number of benzene rings is 2. The molecule has 78 valence electrons. The molecule has 0 fully saturated rings. The maximum absolute atomic E-state index is 5.82. The van der Waals surface area contributed by atoms with E-state index in [1.165, 1.54) is 16.3 Å². The van der Waals surface area contributed by atoms with Crippen molar-refractivity contribution in [2.24, 2.45) is 11.5 Å². The lowest BCUT2D eigenvalue weighted by atomic mass is 10.0. The average Bonchev–Trinajstić information content (AvgIpc) is 2.29. The van der Waals surface area contributed by atoms with E-state index in [-0.39, 0.29) is 6.04 Å². The molecule has 2 aromatic carbocycles. The average molecular weight is 200 g/mol. The van der Waals surface area contributed by atoms with E-state index in [1.807, 2.05) is 6.07 Å². The fourth-order valence-electron chi connectivity index (χ4n) is 1.75. The van der Waals surface area contributed by atoms with E-state index >= 15 is 0 Å². The molecule has 0 bridgehead atoms. The Morgan fingerprint density at radius 1 is 1.00 bits per heavy atom. The highest BCUT2D eigenvalue weighted by Gasteiger charge is 2.02. The molecule has 2 heteroatoms. The lowest BCUT2D eigenvalue weighted by molar-refractivity contribution is 0.679. The van der Waals surface area contributed by atoms with Crippen molar-refractivity contribution in [2.75, 3.05) is 6.54 Å². The fraction of sp³-hybridized carbons (Fsp3) is 0.231. The molecule has 0 aromatic heterocycles. The zero-order valence-corrected chi connectivity index (χ0v) is 8.69. The first-order chi connectivity index (χ1) is 7.29. The summed E-state index contributed by atoms with van der Waals surface area (Å²) in [6.07, 6.45) is 0.849. The van der Waals surface area contributed by atoms with Crippen molar-refractivity contribution < 1.29 is 0 Å². The Kier molecular flexibility index (Phi) is 2.99. The van der Waals surface area contributed by atoms with E-state index in [9.17, 15) is 0 Å². The highest BCUT2D eigenvalue weighted by molar-refractivity contribution is 5.82. The summed E-state index contributed by atoms with van der Waals surface area (Å²) in [6.45, 7) is 0.535. The van der Waals surface area contributed by atoms with Crippen molar-refractivity contribution in [2.45, 2.75) is 12.5 Å². The van der Waals surface area contributed by atoms with Gasteiger partial charge in [-0.3, -0.25) is 0 Å². The zero-order valence-electron chi connectivity index (χ0n) is 8.69. The smallest absolute Gasteiger partial charge is 0.0203 e. The standard InChI is InChI=1S/C13H16N2/c14-9-13(15)8-10-5-6-11-3-1-2-4-12(11)7-10/h1-7,13H,8-9,14-15H2. The summed E-state index contributed by atoms with van der Waals surface area (Å²) in [7, 11) is 0. The number of rotatable bonds is 3. The lowest BCUT2D eigenvalue weighted by Crippen LogP contribution is -2.31. The summed E-state index contributed by atoms with van der Waals surface area (Å²) in [4.78, 5) is 0. The molecule has 0 radical (unpaired) electrons. The maximum Gasteiger partial charge on any atom is 0.0203 e. The highest BCUT2D eigenvalue weighted by Crippen LogP contribution is 2.16. The van der Waals surface area contributed by atoms with Crippen LogP contribution in [0.15, 0.2) is 42.5 Å². The molecule has 2 aromatic rings. The predicted octanol–water partition coefficient (Wildman–Crippen LogP) is 1.67. The van der Waals surface area contributed by atoms with E-state index in [0.717, 1.165) is 6.42 Å². The Morgan fingerprint density at radius 2 is 1.73 bits per heavy atom. The van der Waals surface area contributed by atoms with Crippen LogP contribution in [0.5, 0.6) is 0 Å². The van der Waals surface area contributed by atoms with Crippen LogP contribution in [-0.4, -0.2) is 12.6 Å². The van der Waals surface area contributed by atoms with Gasteiger partial charge in [-0.05, 0) is 22.8 Å². The van der Waals surface area contributed by atoms with Crippen LogP contribution in [0.1, 0.15) is 5.56 Å². The van der Waals surface area contributed by atoms with Crippen LogP contribution in [0, 0.1) is 0 Å². The van der Waals surface area contributed by atoms with Crippen molar-refractivity contribution in [3.8, 4) is 0 Å². The first kappa shape index (κ1) is 10.1. The molecule has 0 saturated carbocycles. The molecule has 1 unspecified atom stereocenters. The maximum atomic E-state index is 5.82. The van der Waals surface area contributed by atoms with Gasteiger partial charge in [-0.2, -0.15) is 0 Å². The lowest BCUT2D eigenvalue weighted by Gasteiger charge is -2.09. The van der Waals surface area contributed by atoms with Gasteiger partial charge >= 0.3 is 0 Å². The second-order valence-electron chi connectivity index (χ2n) is 3.88. The molecular weight excluding hydrogens is 184 g/mol. The summed E-state index contributed by atoms with van der Waals surface area (Å²) in [6, 6.07) is 14.8. The predicted molar refractivity (Wildman–Crippen MR) is 64.7 cm³/mol. The van der Waals surface area contributed by atoms with Gasteiger partial charge in [-0.15, -0.1) is 0 Å². The molecule has 0 amide bonds. The van der Waals surface area contributed by atoms with Crippen LogP contribution in [-0.2, 0) is 6.42 Å². The molecule has 0 aliphatic carbocycles. The third kappa shape index (κ3) is 2.35. The molecule has 0 aliphatic rings. The molecular formula is C13H16N2. The van der Waals surface area contributed by atoms with E-state index < -0.39 is 0 Å². The van der Waals surface area contributed by atoms with Crippen LogP contribution in [0.2, 0.25) is 0 Å². The molecule has 1 atom stereocenters. The van der Waals surface area contributed by atoms with Gasteiger partial charge in [-0.1, -0.05) is 42.5 Å². The molecule has 0 heterocycles. The monoisotopic (exact) mass is 200 g/mol. The molecule has 0 saturated heterocycles. The third-order valence-corrected chi connectivity index (χ3v) is 2.61. The van der Waals surface area contributed by atoms with E-state index in [4.69, 9.17) is 11.5 Å². The van der Waals surface area contributed by atoms with Gasteiger partial charge in [0.1, 0.15) is 0 Å². The molecule has 4 N–H and O–H groups in total. The summed E-state index contributed by atoms with van der Waals surface area (Å²) in [5.41, 5.74) is 12.6. The van der Waals surface area contributed by atoms with Crippen molar-refractivity contribution in [3.63, 3.8) is 0 Å². The number of hydrogen-bond acceptors (Lipinski definition) is 2. The molecule has 2 rings (SSSR count). The van der Waals surface area contributed by atoms with E-state index in [1.54, 1.807) is 0 Å². The van der Waals surface area contributed by atoms with Crippen LogP contribution < -0.4 is 11.5 Å². The summed E-state index contributed by atoms with van der Waals surface area (Å²) >= 11 is 0. The Bertz CT molecular complexity index is 451. The van der Waals surface area contributed by atoms with Gasteiger partial charge in [0, 0.05) is 12.6 Å². The van der Waals surface area contributed by atoms with Crippen LogP contribution in [0.25, 0.3) is 10.8 Å². The first-order valence-corrected chi connectivity index (χ1v) is 5.23. The van der Waals surface area contributed by atoms with Crippen molar-refractivity contribution in [3.05, 3.63) is 48.0 Å². The zero-order chi connectivity index (χ0) is 10.7. The topological polar surface area (TPSA) is 52.0 Å². The Morgan fingerprint density at radius 3 is 2.47 bits per heavy atom. The Balaban J connectivity index is 2.30. The van der Waals surface area contributed by atoms with Gasteiger partial charge in [0.05, 0.1) is 0 Å². The Labute approximate surface area is 89.9 Å². The minimum Gasteiger partial charge on any atom is -0.329 e. The highest BCUT2D eigenvalue weighted by atomic mass is 14.7. The summed E-state index contributed by atoms with van der Waals surface area (Å²) in [5, 5.41) is 2.53. The summed E-state index contributed by atoms with van der Waals surface area (Å²) in [5.74, 6) is 0. The minimum atomic E-state index is 0.0613. The molecule has 0 aliphatic heterocycles. The second-order valence-corrected chi connectivity index (χ2v) is 3.88. The number of fused-ring (bicyclic) bond motifs is 1. The largest absolute Gasteiger partial charge is 0.329 e. The van der Waals surface area contributed by atoms with Gasteiger partial charge in [0.2, 0.25) is 0 Å². The third-order valence-electron chi connectivity index (χ3n) is 2.61. The quantitative estimate of drug-likeness (QED) is 0.791. The van der Waals surface area contributed by atoms with E-state index in [2.05, 4.69) is 36.4 Å². The van der Waals surface area contributed by atoms with Gasteiger partial charge in [-0.25, -0.2) is 0 Å². The molecule has 15 heavy (non-hydrogen) atoms. The molecule has 2 nitrogen and oxygen atoms in total. The van der Waals surface area contributed by atoms with Crippen molar-refractivity contribution in [1.29, 1.82) is 0 Å². The minimum absolute atomic E-state index is 0.0613. The number of nitrogens with two attached hydrogens (primary N) is 2. The number of hydrogen-bond donors (Lipinski definition) is 2. The van der Waals surface area contributed by atoms with Crippen LogP contribution >= 0.6 is 0 Å². The van der Waals surface area contributed by atoms with Gasteiger partial charge in [0.15, 0.2) is 0 Å². The summed E-state index contributed by atoms with van der Waals surface area (Å²) < 4.78 is 0. The first-order valence-electron chi connectivity index (χ1n) is 5.23. The van der Waals surface area contributed by atoms with Crippen molar-refractivity contribution in [1.82, 2.24) is 0 Å². The van der Waals surface area contributed by atoms with Crippen molar-refractivity contribution >= 4 is 10.8 Å². The van der Waals surface area contributed by atoms with E-state index in [0.29, 0.717) is 6.54 Å². The Hall–Kier alpha value is -1.38. The van der Waals surface area contributed by atoms with Gasteiger partial charge in [0.25, 0.3) is 0 Å². The second kappa shape index (κ2) is 4.43.